The molecule has 1 heterocycles. The summed E-state index contributed by atoms with van der Waals surface area (Å²) < 4.78 is 8.88. The van der Waals surface area contributed by atoms with Crippen LogP contribution in [0, 0.1) is 0 Å². The van der Waals surface area contributed by atoms with Crippen LogP contribution in [0.4, 0.5) is 0 Å². The van der Waals surface area contributed by atoms with Crippen molar-refractivity contribution in [3.8, 4) is 0 Å². The molecule has 0 atom stereocenters. The fraction of sp³-hybridized carbons (Fsp3) is 0. The van der Waals surface area contributed by atoms with Crippen molar-refractivity contribution in [1.29, 1.82) is 0 Å². The van der Waals surface area contributed by atoms with Gasteiger partial charge in [-0.15, -0.1) is 0 Å². The van der Waals surface area contributed by atoms with Gasteiger partial charge in [0.1, 0.15) is 0 Å². The predicted octanol–water partition coefficient (Wildman–Crippen LogP) is 0.981. The van der Waals surface area contributed by atoms with Gasteiger partial charge >= 0.3 is 7.82 Å². The van der Waals surface area contributed by atoms with Crippen LogP contribution < -0.4 is 6.15 Å². The second-order valence-corrected chi connectivity index (χ2v) is 3.15. The summed E-state index contributed by atoms with van der Waals surface area (Å²) in [5, 5.41) is 4.08. The van der Waals surface area contributed by atoms with Crippen molar-refractivity contribution in [1.82, 2.24) is 6.15 Å². The van der Waals surface area contributed by atoms with Gasteiger partial charge in [0, 0.05) is 0 Å². The Bertz CT molecular complexity index is 170. The van der Waals surface area contributed by atoms with Crippen LogP contribution in [0.1, 0.15) is 0 Å². The third-order valence-electron chi connectivity index (χ3n) is 0.425. The van der Waals surface area contributed by atoms with Crippen LogP contribution in [0.5, 0.6) is 0 Å². The largest absolute Gasteiger partial charge is 0.466 e. The summed E-state index contributed by atoms with van der Waals surface area (Å²) in [6, 6.07) is 4.04. The van der Waals surface area contributed by atoms with Crippen LogP contribution in [0.25, 0.3) is 0 Å². The van der Waals surface area contributed by atoms with Crippen LogP contribution >= 0.6 is 19.2 Å². The molecular formula is C4H10NO4PS. The summed E-state index contributed by atoms with van der Waals surface area (Å²) >= 11 is 1.71. The Hall–Kier alpha value is -0.230. The van der Waals surface area contributed by atoms with Gasteiger partial charge in [0.05, 0.1) is 0 Å². The van der Waals surface area contributed by atoms with Gasteiger partial charge in [-0.05, 0) is 10.8 Å². The lowest BCUT2D eigenvalue weighted by atomic mass is 10.7. The van der Waals surface area contributed by atoms with E-state index < -0.39 is 7.82 Å². The average molecular weight is 199 g/mol. The first-order chi connectivity index (χ1) is 4.50. The Balaban J connectivity index is 0. The minimum Gasteiger partial charge on any atom is -0.344 e. The van der Waals surface area contributed by atoms with E-state index in [4.69, 9.17) is 19.2 Å². The molecule has 0 amide bonds. The molecule has 0 spiro atoms. The highest BCUT2D eigenvalue weighted by Gasteiger charge is 2.00. The van der Waals surface area contributed by atoms with E-state index in [2.05, 4.69) is 0 Å². The van der Waals surface area contributed by atoms with Crippen molar-refractivity contribution in [2.45, 2.75) is 0 Å². The Kier molecular flexibility index (Phi) is 7.87. The molecule has 0 bridgehead atoms. The van der Waals surface area contributed by atoms with Gasteiger partial charge in [-0.3, -0.25) is 0 Å². The molecule has 66 valence electrons. The molecule has 1 aromatic rings. The maximum absolute atomic E-state index is 8.88. The smallest absolute Gasteiger partial charge is 0.344 e. The van der Waals surface area contributed by atoms with Gasteiger partial charge in [-0.2, -0.15) is 11.3 Å². The zero-order chi connectivity index (χ0) is 8.04. The van der Waals surface area contributed by atoms with E-state index in [9.17, 15) is 0 Å². The van der Waals surface area contributed by atoms with Gasteiger partial charge < -0.3 is 20.8 Å². The molecule has 0 radical (unpaired) electrons. The highest BCUT2D eigenvalue weighted by atomic mass is 32.1. The van der Waals surface area contributed by atoms with Crippen LogP contribution in [-0.2, 0) is 4.57 Å². The van der Waals surface area contributed by atoms with Crippen molar-refractivity contribution < 1.29 is 19.2 Å². The molecule has 1 aromatic heterocycles. The van der Waals surface area contributed by atoms with Gasteiger partial charge in [0.25, 0.3) is 0 Å². The van der Waals surface area contributed by atoms with Crippen molar-refractivity contribution >= 4 is 19.2 Å². The molecule has 0 unspecified atom stereocenters. The molecule has 0 aliphatic heterocycles. The Morgan fingerprint density at radius 2 is 1.36 bits per heavy atom. The summed E-state index contributed by atoms with van der Waals surface area (Å²) in [6.45, 7) is 0. The van der Waals surface area contributed by atoms with E-state index in [1.807, 2.05) is 22.9 Å². The van der Waals surface area contributed by atoms with Crippen molar-refractivity contribution in [3.63, 3.8) is 0 Å². The van der Waals surface area contributed by atoms with Crippen LogP contribution in [-0.4, -0.2) is 14.7 Å². The van der Waals surface area contributed by atoms with E-state index in [1.165, 1.54) is 0 Å². The van der Waals surface area contributed by atoms with E-state index in [1.54, 1.807) is 11.3 Å². The van der Waals surface area contributed by atoms with Crippen molar-refractivity contribution in [2.24, 2.45) is 0 Å². The first-order valence-corrected chi connectivity index (χ1v) is 4.76. The molecule has 0 aromatic carbocycles. The summed E-state index contributed by atoms with van der Waals surface area (Å²) in [7, 11) is -4.64. The molecule has 0 aliphatic carbocycles. The normalized spacial score (nSPS) is 9.00. The minimum atomic E-state index is -4.64. The molecule has 1 rings (SSSR count). The lowest BCUT2D eigenvalue weighted by Crippen LogP contribution is -1.66. The Labute approximate surface area is 68.1 Å². The number of rotatable bonds is 0. The lowest BCUT2D eigenvalue weighted by molar-refractivity contribution is 0.275. The molecule has 0 saturated heterocycles. The molecule has 0 aliphatic rings. The summed E-state index contributed by atoms with van der Waals surface area (Å²) in [6.07, 6.45) is 0. The monoisotopic (exact) mass is 199 g/mol. The Morgan fingerprint density at radius 3 is 1.45 bits per heavy atom. The van der Waals surface area contributed by atoms with Gasteiger partial charge in [0.2, 0.25) is 0 Å². The minimum absolute atomic E-state index is 0. The van der Waals surface area contributed by atoms with E-state index in [0.29, 0.717) is 0 Å². The van der Waals surface area contributed by atoms with Gasteiger partial charge in [0.15, 0.2) is 0 Å². The molecule has 0 saturated carbocycles. The zero-order valence-electron chi connectivity index (χ0n) is 5.62. The van der Waals surface area contributed by atoms with Crippen molar-refractivity contribution in [2.75, 3.05) is 0 Å². The lowest BCUT2D eigenvalue weighted by Gasteiger charge is -1.82. The maximum atomic E-state index is 8.88. The van der Waals surface area contributed by atoms with Crippen LogP contribution in [0.15, 0.2) is 22.9 Å². The molecular weight excluding hydrogens is 189 g/mol. The number of thiophene rings is 1. The Morgan fingerprint density at radius 1 is 1.09 bits per heavy atom. The molecule has 5 nitrogen and oxygen atoms in total. The number of hydrogen-bond donors (Lipinski definition) is 4. The van der Waals surface area contributed by atoms with E-state index in [-0.39, 0.29) is 6.15 Å². The predicted molar refractivity (Wildman–Crippen MR) is 43.6 cm³/mol. The summed E-state index contributed by atoms with van der Waals surface area (Å²) in [4.78, 5) is 21.6. The fourth-order valence-electron chi connectivity index (χ4n) is 0.227. The van der Waals surface area contributed by atoms with E-state index >= 15 is 0 Å². The second-order valence-electron chi connectivity index (χ2n) is 1.31. The zero-order valence-corrected chi connectivity index (χ0v) is 7.33. The van der Waals surface area contributed by atoms with E-state index in [0.717, 1.165) is 0 Å². The topological polar surface area (TPSA) is 113 Å². The molecule has 0 fully saturated rings. The van der Waals surface area contributed by atoms with Gasteiger partial charge in [-0.25, -0.2) is 4.57 Å². The first kappa shape index (κ1) is 13.4. The standard InChI is InChI=1S/C4H4S.H3N.H3O4P/c1-2-4-5-3-1;;1-5(2,3)4/h1-4H;1H3;(H3,1,2,3,4). The van der Waals surface area contributed by atoms with Crippen LogP contribution in [0.2, 0.25) is 0 Å². The summed E-state index contributed by atoms with van der Waals surface area (Å²) in [5.74, 6) is 0. The van der Waals surface area contributed by atoms with Crippen LogP contribution in [0.3, 0.4) is 0 Å². The number of phosphoric acid groups is 1. The maximum Gasteiger partial charge on any atom is 0.466 e. The highest BCUT2D eigenvalue weighted by molar-refractivity contribution is 7.45. The third-order valence-corrected chi connectivity index (χ3v) is 1.05. The quantitative estimate of drug-likeness (QED) is 0.465. The molecule has 11 heavy (non-hydrogen) atoms. The van der Waals surface area contributed by atoms with Gasteiger partial charge in [-0.1, -0.05) is 12.1 Å². The highest BCUT2D eigenvalue weighted by Crippen LogP contribution is 2.25. The third kappa shape index (κ3) is 25.9. The van der Waals surface area contributed by atoms with Crippen molar-refractivity contribution in [3.05, 3.63) is 22.9 Å². The second kappa shape index (κ2) is 6.48. The summed E-state index contributed by atoms with van der Waals surface area (Å²) in [5.41, 5.74) is 0. The first-order valence-electron chi connectivity index (χ1n) is 2.25. The fourth-order valence-corrected chi connectivity index (χ4v) is 0.680. The SMILES string of the molecule is N.O=P(O)(O)O.c1ccsc1. The average Bonchev–Trinajstić information content (AvgIpc) is 2.07. The number of hydrogen-bond acceptors (Lipinski definition) is 3. The molecule has 7 heteroatoms. The molecule has 6 N–H and O–H groups in total.